The van der Waals surface area contributed by atoms with Gasteiger partial charge in [0.25, 0.3) is 0 Å². The van der Waals surface area contributed by atoms with Crippen molar-refractivity contribution in [3.63, 3.8) is 0 Å². The zero-order valence-electron chi connectivity index (χ0n) is 13.7. The Bertz CT molecular complexity index is 673. The maximum absolute atomic E-state index is 12.4. The number of hydrogen-bond acceptors (Lipinski definition) is 6. The van der Waals surface area contributed by atoms with Crippen molar-refractivity contribution in [2.24, 2.45) is 0 Å². The average molecular weight is 318 g/mol. The molecular formula is C17H22N2O4. The van der Waals surface area contributed by atoms with Crippen LogP contribution in [0.1, 0.15) is 23.7 Å². The fourth-order valence-electron chi connectivity index (χ4n) is 2.34. The van der Waals surface area contributed by atoms with E-state index in [0.717, 1.165) is 17.3 Å². The van der Waals surface area contributed by atoms with Crippen LogP contribution in [0.3, 0.4) is 0 Å². The van der Waals surface area contributed by atoms with Gasteiger partial charge in [0, 0.05) is 25.6 Å². The number of fused-ring (bicyclic) bond motifs is 1. The quantitative estimate of drug-likeness (QED) is 0.596. The van der Waals surface area contributed by atoms with E-state index in [1.165, 1.54) is 7.11 Å². The van der Waals surface area contributed by atoms with Gasteiger partial charge in [-0.25, -0.2) is 9.78 Å². The Balaban J connectivity index is 2.51. The summed E-state index contributed by atoms with van der Waals surface area (Å²) in [5.74, 6) is -0.187. The van der Waals surface area contributed by atoms with Crippen LogP contribution >= 0.6 is 0 Å². The molecule has 23 heavy (non-hydrogen) atoms. The molecule has 124 valence electrons. The molecule has 0 spiro atoms. The van der Waals surface area contributed by atoms with E-state index in [2.05, 4.69) is 10.3 Å². The normalized spacial score (nSPS) is 10.6. The lowest BCUT2D eigenvalue weighted by molar-refractivity contribution is 0.0523. The molecule has 1 N–H and O–H groups in total. The summed E-state index contributed by atoms with van der Waals surface area (Å²) in [5, 5.41) is 4.16. The van der Waals surface area contributed by atoms with Gasteiger partial charge in [0.15, 0.2) is 0 Å². The minimum absolute atomic E-state index is 0.261. The average Bonchev–Trinajstić information content (AvgIpc) is 2.57. The highest BCUT2D eigenvalue weighted by Crippen LogP contribution is 2.33. The van der Waals surface area contributed by atoms with Gasteiger partial charge in [-0.1, -0.05) is 18.2 Å². The maximum Gasteiger partial charge on any atom is 0.345 e. The second-order valence-corrected chi connectivity index (χ2v) is 4.88. The van der Waals surface area contributed by atoms with Gasteiger partial charge in [0.2, 0.25) is 5.88 Å². The summed E-state index contributed by atoms with van der Waals surface area (Å²) >= 11 is 0. The van der Waals surface area contributed by atoms with Crippen molar-refractivity contribution in [3.8, 4) is 5.88 Å². The number of nitrogens with zero attached hydrogens (tertiary/aromatic N) is 1. The van der Waals surface area contributed by atoms with E-state index < -0.39 is 5.97 Å². The molecule has 0 amide bonds. The van der Waals surface area contributed by atoms with E-state index in [9.17, 15) is 4.79 Å². The standard InChI is InChI=1S/C17H22N2O4/c1-4-23-17(20)14-15(18-10-7-11-21-2)12-8-5-6-9-13(12)19-16(14)22-3/h5-6,8-9H,4,7,10-11H2,1-3H3,(H,18,19). The Morgan fingerprint density at radius 2 is 2.04 bits per heavy atom. The molecule has 6 nitrogen and oxygen atoms in total. The summed E-state index contributed by atoms with van der Waals surface area (Å²) in [4.78, 5) is 16.8. The van der Waals surface area contributed by atoms with E-state index in [4.69, 9.17) is 14.2 Å². The number of ether oxygens (including phenoxy) is 3. The molecule has 0 aliphatic carbocycles. The summed E-state index contributed by atoms with van der Waals surface area (Å²) in [7, 11) is 3.16. The SMILES string of the molecule is CCOC(=O)c1c(OC)nc2ccccc2c1NCCCOC. The zero-order valence-corrected chi connectivity index (χ0v) is 13.7. The van der Waals surface area contributed by atoms with Crippen molar-refractivity contribution in [3.05, 3.63) is 29.8 Å². The minimum Gasteiger partial charge on any atom is -0.480 e. The first-order valence-electron chi connectivity index (χ1n) is 7.59. The Morgan fingerprint density at radius 3 is 2.74 bits per heavy atom. The largest absolute Gasteiger partial charge is 0.480 e. The number of carbonyl (C=O) groups is 1. The number of carbonyl (C=O) groups excluding carboxylic acids is 1. The molecule has 1 aromatic heterocycles. The number of pyridine rings is 1. The predicted molar refractivity (Wildman–Crippen MR) is 89.2 cm³/mol. The third-order valence-corrected chi connectivity index (χ3v) is 3.36. The molecule has 2 rings (SSSR count). The molecule has 2 aromatic rings. The molecule has 6 heteroatoms. The summed E-state index contributed by atoms with van der Waals surface area (Å²) in [6, 6.07) is 7.61. The summed E-state index contributed by atoms with van der Waals surface area (Å²) < 4.78 is 15.5. The highest BCUT2D eigenvalue weighted by atomic mass is 16.5. The number of esters is 1. The molecule has 0 unspecified atom stereocenters. The number of methoxy groups -OCH3 is 2. The van der Waals surface area contributed by atoms with Crippen molar-refractivity contribution in [2.75, 3.05) is 39.3 Å². The van der Waals surface area contributed by atoms with Crippen LogP contribution in [0.5, 0.6) is 5.88 Å². The van der Waals surface area contributed by atoms with Crippen LogP contribution in [-0.4, -0.2) is 44.9 Å². The van der Waals surface area contributed by atoms with Gasteiger partial charge in [-0.3, -0.25) is 0 Å². The van der Waals surface area contributed by atoms with E-state index in [1.54, 1.807) is 14.0 Å². The fourth-order valence-corrected chi connectivity index (χ4v) is 2.34. The van der Waals surface area contributed by atoms with Crippen molar-refractivity contribution in [1.82, 2.24) is 4.98 Å². The van der Waals surface area contributed by atoms with Crippen molar-refractivity contribution < 1.29 is 19.0 Å². The predicted octanol–water partition coefficient (Wildman–Crippen LogP) is 2.87. The Morgan fingerprint density at radius 1 is 1.26 bits per heavy atom. The number of anilines is 1. The molecule has 0 aliphatic rings. The van der Waals surface area contributed by atoms with Gasteiger partial charge >= 0.3 is 5.97 Å². The fraction of sp³-hybridized carbons (Fsp3) is 0.412. The van der Waals surface area contributed by atoms with Crippen LogP contribution < -0.4 is 10.1 Å². The maximum atomic E-state index is 12.4. The van der Waals surface area contributed by atoms with Crippen molar-refractivity contribution >= 4 is 22.6 Å². The van der Waals surface area contributed by atoms with Crippen LogP contribution in [0.2, 0.25) is 0 Å². The number of aromatic nitrogens is 1. The monoisotopic (exact) mass is 318 g/mol. The lowest BCUT2D eigenvalue weighted by Gasteiger charge is -2.16. The molecule has 0 saturated heterocycles. The number of nitrogens with one attached hydrogen (secondary N) is 1. The molecule has 0 radical (unpaired) electrons. The van der Waals surface area contributed by atoms with Crippen LogP contribution in [0.4, 0.5) is 5.69 Å². The molecule has 0 bridgehead atoms. The van der Waals surface area contributed by atoms with Crippen LogP contribution in [0.15, 0.2) is 24.3 Å². The van der Waals surface area contributed by atoms with E-state index in [-0.39, 0.29) is 12.5 Å². The van der Waals surface area contributed by atoms with Gasteiger partial charge in [-0.2, -0.15) is 0 Å². The highest BCUT2D eigenvalue weighted by Gasteiger charge is 2.23. The van der Waals surface area contributed by atoms with E-state index in [1.807, 2.05) is 24.3 Å². The smallest absolute Gasteiger partial charge is 0.345 e. The lowest BCUT2D eigenvalue weighted by Crippen LogP contribution is -2.14. The molecule has 0 fully saturated rings. The first-order valence-corrected chi connectivity index (χ1v) is 7.59. The Hall–Kier alpha value is -2.34. The summed E-state index contributed by atoms with van der Waals surface area (Å²) in [5.41, 5.74) is 1.76. The number of benzene rings is 1. The summed E-state index contributed by atoms with van der Waals surface area (Å²) in [6.45, 7) is 3.36. The zero-order chi connectivity index (χ0) is 16.7. The second-order valence-electron chi connectivity index (χ2n) is 4.88. The first-order chi connectivity index (χ1) is 11.2. The molecule has 0 aliphatic heterocycles. The van der Waals surface area contributed by atoms with Crippen LogP contribution in [0, 0.1) is 0 Å². The minimum atomic E-state index is -0.447. The molecule has 1 aromatic carbocycles. The van der Waals surface area contributed by atoms with Gasteiger partial charge in [-0.05, 0) is 19.4 Å². The molecule has 0 atom stereocenters. The topological polar surface area (TPSA) is 69.7 Å². The second kappa shape index (κ2) is 8.33. The Kier molecular flexibility index (Phi) is 6.17. The number of rotatable bonds is 8. The van der Waals surface area contributed by atoms with Crippen LogP contribution in [-0.2, 0) is 9.47 Å². The third-order valence-electron chi connectivity index (χ3n) is 3.36. The third kappa shape index (κ3) is 3.90. The van der Waals surface area contributed by atoms with Crippen molar-refractivity contribution in [2.45, 2.75) is 13.3 Å². The highest BCUT2D eigenvalue weighted by molar-refractivity contribution is 6.07. The lowest BCUT2D eigenvalue weighted by atomic mass is 10.1. The van der Waals surface area contributed by atoms with Crippen LogP contribution in [0.25, 0.3) is 10.9 Å². The van der Waals surface area contributed by atoms with E-state index in [0.29, 0.717) is 24.4 Å². The number of para-hydroxylation sites is 1. The van der Waals surface area contributed by atoms with Gasteiger partial charge < -0.3 is 19.5 Å². The van der Waals surface area contributed by atoms with Gasteiger partial charge in [0.05, 0.1) is 24.9 Å². The van der Waals surface area contributed by atoms with E-state index >= 15 is 0 Å². The van der Waals surface area contributed by atoms with Gasteiger partial charge in [0.1, 0.15) is 5.56 Å². The van der Waals surface area contributed by atoms with Gasteiger partial charge in [-0.15, -0.1) is 0 Å². The number of hydrogen-bond donors (Lipinski definition) is 1. The molecule has 0 saturated carbocycles. The summed E-state index contributed by atoms with van der Waals surface area (Å²) in [6.07, 6.45) is 0.817. The Labute approximate surface area is 135 Å². The van der Waals surface area contributed by atoms with Crippen molar-refractivity contribution in [1.29, 1.82) is 0 Å². The molecule has 1 heterocycles. The molecular weight excluding hydrogens is 296 g/mol. The first kappa shape index (κ1) is 17.0.